The summed E-state index contributed by atoms with van der Waals surface area (Å²) < 4.78 is 10.2. The molecule has 0 saturated carbocycles. The summed E-state index contributed by atoms with van der Waals surface area (Å²) in [5.41, 5.74) is 3.38. The van der Waals surface area contributed by atoms with E-state index in [-0.39, 0.29) is 12.5 Å². The van der Waals surface area contributed by atoms with Crippen LogP contribution in [0.2, 0.25) is 0 Å². The van der Waals surface area contributed by atoms with Gasteiger partial charge in [-0.3, -0.25) is 0 Å². The topological polar surface area (TPSA) is 64.6 Å². The van der Waals surface area contributed by atoms with Gasteiger partial charge in [-0.25, -0.2) is 9.59 Å². The molecule has 5 nitrogen and oxygen atoms in total. The van der Waals surface area contributed by atoms with E-state index in [1.54, 1.807) is 6.92 Å². The zero-order chi connectivity index (χ0) is 19.6. The molecule has 0 aromatic heterocycles. The number of methoxy groups -OCH3 is 1. The van der Waals surface area contributed by atoms with Crippen molar-refractivity contribution in [2.24, 2.45) is 5.92 Å². The number of amides is 1. The predicted molar refractivity (Wildman–Crippen MR) is 102 cm³/mol. The second-order valence-electron chi connectivity index (χ2n) is 6.59. The lowest BCUT2D eigenvalue weighted by molar-refractivity contribution is -0.146. The van der Waals surface area contributed by atoms with Crippen LogP contribution >= 0.6 is 0 Å². The molecule has 1 aromatic rings. The molecule has 0 fully saturated rings. The average Bonchev–Trinajstić information content (AvgIpc) is 2.63. The third-order valence-electron chi connectivity index (χ3n) is 3.85. The largest absolute Gasteiger partial charge is 0.467 e. The highest BCUT2D eigenvalue weighted by Gasteiger charge is 2.40. The number of hydrogen-bond donors (Lipinski definition) is 1. The van der Waals surface area contributed by atoms with Gasteiger partial charge >= 0.3 is 12.1 Å². The Bertz CT molecular complexity index is 660. The van der Waals surface area contributed by atoms with E-state index in [9.17, 15) is 9.59 Å². The Morgan fingerprint density at radius 1 is 1.27 bits per heavy atom. The van der Waals surface area contributed by atoms with Crippen LogP contribution in [0.15, 0.2) is 47.7 Å². The maximum atomic E-state index is 12.4. The SMILES string of the molecule is CCCC(=C=CC(C)C)[C@@](C)(NC(=O)OCc1ccccc1)C(=O)OC. The molecule has 5 heteroatoms. The van der Waals surface area contributed by atoms with Gasteiger partial charge in [-0.15, -0.1) is 5.73 Å². The van der Waals surface area contributed by atoms with Gasteiger partial charge in [0.25, 0.3) is 0 Å². The number of carbonyl (C=O) groups is 2. The van der Waals surface area contributed by atoms with Crippen molar-refractivity contribution in [2.75, 3.05) is 7.11 Å². The number of rotatable bonds is 8. The Morgan fingerprint density at radius 3 is 2.46 bits per heavy atom. The lowest BCUT2D eigenvalue weighted by atomic mass is 9.88. The van der Waals surface area contributed by atoms with Crippen molar-refractivity contribution in [1.29, 1.82) is 0 Å². The Hall–Kier alpha value is -2.52. The summed E-state index contributed by atoms with van der Waals surface area (Å²) in [7, 11) is 1.30. The lowest BCUT2D eigenvalue weighted by Crippen LogP contribution is -2.54. The molecule has 0 spiro atoms. The molecule has 1 N–H and O–H groups in total. The van der Waals surface area contributed by atoms with Gasteiger partial charge in [0.1, 0.15) is 6.61 Å². The summed E-state index contributed by atoms with van der Waals surface area (Å²) in [6, 6.07) is 9.35. The van der Waals surface area contributed by atoms with E-state index in [1.165, 1.54) is 7.11 Å². The smallest absolute Gasteiger partial charge is 0.408 e. The predicted octanol–water partition coefficient (Wildman–Crippen LogP) is 4.38. The van der Waals surface area contributed by atoms with E-state index in [2.05, 4.69) is 11.0 Å². The van der Waals surface area contributed by atoms with E-state index in [0.717, 1.165) is 12.0 Å². The van der Waals surface area contributed by atoms with E-state index in [4.69, 9.17) is 9.47 Å². The van der Waals surface area contributed by atoms with Gasteiger partial charge in [0.05, 0.1) is 7.11 Å². The highest BCUT2D eigenvalue weighted by Crippen LogP contribution is 2.23. The number of nitrogens with one attached hydrogen (secondary N) is 1. The zero-order valence-electron chi connectivity index (χ0n) is 16.3. The van der Waals surface area contributed by atoms with E-state index in [0.29, 0.717) is 12.0 Å². The minimum Gasteiger partial charge on any atom is -0.467 e. The van der Waals surface area contributed by atoms with Crippen LogP contribution in [-0.4, -0.2) is 24.7 Å². The Labute approximate surface area is 156 Å². The normalized spacial score (nSPS) is 12.5. The standard InChI is InChI=1S/C21H29NO4/c1-6-10-18(14-13-16(2)3)21(4,19(23)25-5)22-20(24)26-15-17-11-8-7-9-12-17/h7-9,11-13,16H,6,10,15H2,1-5H3,(H,22,24)/t14?,21-/m1/s1. The van der Waals surface area contributed by atoms with Crippen LogP contribution in [0.4, 0.5) is 4.79 Å². The van der Waals surface area contributed by atoms with Crippen LogP contribution in [0.3, 0.4) is 0 Å². The Kier molecular flexibility index (Phi) is 8.66. The molecule has 1 aromatic carbocycles. The first-order valence-electron chi connectivity index (χ1n) is 8.87. The second-order valence-corrected chi connectivity index (χ2v) is 6.59. The average molecular weight is 359 g/mol. The van der Waals surface area contributed by atoms with E-state index < -0.39 is 17.6 Å². The van der Waals surface area contributed by atoms with Crippen molar-refractivity contribution >= 4 is 12.1 Å². The minimum absolute atomic E-state index is 0.124. The van der Waals surface area contributed by atoms with Crippen molar-refractivity contribution in [3.63, 3.8) is 0 Å². The summed E-state index contributed by atoms with van der Waals surface area (Å²) in [5.74, 6) is -0.281. The van der Waals surface area contributed by atoms with Crippen LogP contribution in [0.5, 0.6) is 0 Å². The quantitative estimate of drug-likeness (QED) is 0.552. The van der Waals surface area contributed by atoms with Gasteiger partial charge in [-0.05, 0) is 30.9 Å². The van der Waals surface area contributed by atoms with Gasteiger partial charge < -0.3 is 14.8 Å². The van der Waals surface area contributed by atoms with Crippen molar-refractivity contribution in [1.82, 2.24) is 5.32 Å². The monoisotopic (exact) mass is 359 g/mol. The molecule has 0 unspecified atom stereocenters. The molecule has 1 amide bonds. The zero-order valence-corrected chi connectivity index (χ0v) is 16.3. The Morgan fingerprint density at radius 2 is 1.92 bits per heavy atom. The maximum Gasteiger partial charge on any atom is 0.408 e. The van der Waals surface area contributed by atoms with Crippen LogP contribution in [0.25, 0.3) is 0 Å². The van der Waals surface area contributed by atoms with Crippen molar-refractivity contribution in [3.8, 4) is 0 Å². The number of esters is 1. The van der Waals surface area contributed by atoms with Gasteiger partial charge in [0.15, 0.2) is 5.54 Å². The van der Waals surface area contributed by atoms with Crippen LogP contribution < -0.4 is 5.32 Å². The molecule has 1 atom stereocenters. The summed E-state index contributed by atoms with van der Waals surface area (Å²) in [6.07, 6.45) is 2.61. The third-order valence-corrected chi connectivity index (χ3v) is 3.85. The molecule has 0 bridgehead atoms. The number of benzene rings is 1. The molecule has 1 rings (SSSR count). The highest BCUT2D eigenvalue weighted by molar-refractivity contribution is 5.88. The summed E-state index contributed by atoms with van der Waals surface area (Å²) in [6.45, 7) is 7.79. The fourth-order valence-corrected chi connectivity index (χ4v) is 2.40. The minimum atomic E-state index is -1.33. The molecular formula is C21H29NO4. The van der Waals surface area contributed by atoms with Crippen molar-refractivity contribution in [3.05, 3.63) is 53.3 Å². The molecule has 0 aliphatic rings. The number of alkyl carbamates (subject to hydrolysis) is 1. The molecule has 0 heterocycles. The second kappa shape index (κ2) is 10.5. The summed E-state index contributed by atoms with van der Waals surface area (Å²) >= 11 is 0. The molecule has 26 heavy (non-hydrogen) atoms. The maximum absolute atomic E-state index is 12.4. The fourth-order valence-electron chi connectivity index (χ4n) is 2.40. The van der Waals surface area contributed by atoms with Gasteiger partial charge in [-0.2, -0.15) is 0 Å². The van der Waals surface area contributed by atoms with Crippen molar-refractivity contribution in [2.45, 2.75) is 52.7 Å². The van der Waals surface area contributed by atoms with Crippen LogP contribution in [0, 0.1) is 5.92 Å². The van der Waals surface area contributed by atoms with Gasteiger partial charge in [0.2, 0.25) is 0 Å². The number of carbonyl (C=O) groups excluding carboxylic acids is 2. The Balaban J connectivity index is 3.01. The molecule has 0 aliphatic carbocycles. The first kappa shape index (κ1) is 21.5. The highest BCUT2D eigenvalue weighted by atomic mass is 16.6. The molecule has 0 saturated heterocycles. The summed E-state index contributed by atoms with van der Waals surface area (Å²) in [4.78, 5) is 24.7. The van der Waals surface area contributed by atoms with Crippen LogP contribution in [0.1, 0.15) is 46.1 Å². The van der Waals surface area contributed by atoms with Crippen LogP contribution in [-0.2, 0) is 20.9 Å². The first-order valence-corrected chi connectivity index (χ1v) is 8.87. The number of ether oxygens (including phenoxy) is 2. The lowest BCUT2D eigenvalue weighted by Gasteiger charge is -2.29. The fraction of sp³-hybridized carbons (Fsp3) is 0.476. The molecule has 0 radical (unpaired) electrons. The summed E-state index contributed by atoms with van der Waals surface area (Å²) in [5, 5.41) is 2.67. The van der Waals surface area contributed by atoms with Crippen molar-refractivity contribution < 1.29 is 19.1 Å². The van der Waals surface area contributed by atoms with E-state index >= 15 is 0 Å². The molecular weight excluding hydrogens is 330 g/mol. The van der Waals surface area contributed by atoms with Gasteiger partial charge in [0, 0.05) is 5.57 Å². The first-order chi connectivity index (χ1) is 12.3. The molecule has 142 valence electrons. The third kappa shape index (κ3) is 6.41. The van der Waals surface area contributed by atoms with E-state index in [1.807, 2.05) is 57.2 Å². The van der Waals surface area contributed by atoms with Gasteiger partial charge in [-0.1, -0.05) is 57.5 Å². The molecule has 0 aliphatic heterocycles. The number of hydrogen-bond acceptors (Lipinski definition) is 4.